The van der Waals surface area contributed by atoms with Crippen LogP contribution in [-0.2, 0) is 6.67 Å². The van der Waals surface area contributed by atoms with Gasteiger partial charge in [0.25, 0.3) is 0 Å². The Hall–Kier alpha value is -2.15. The van der Waals surface area contributed by atoms with Crippen molar-refractivity contribution >= 4 is 29.5 Å². The van der Waals surface area contributed by atoms with Crippen LogP contribution in [0.3, 0.4) is 0 Å². The van der Waals surface area contributed by atoms with Crippen LogP contribution in [0, 0.1) is 4.77 Å². The lowest BCUT2D eigenvalue weighted by molar-refractivity contribution is -0.924. The fourth-order valence-electron chi connectivity index (χ4n) is 3.34. The number of hydrogen-bond donors (Lipinski definition) is 1. The second-order valence-electron chi connectivity index (χ2n) is 6.49. The van der Waals surface area contributed by atoms with Crippen LogP contribution >= 0.6 is 23.8 Å². The van der Waals surface area contributed by atoms with Crippen molar-refractivity contribution in [3.63, 3.8) is 0 Å². The summed E-state index contributed by atoms with van der Waals surface area (Å²) in [5, 5.41) is 5.29. The van der Waals surface area contributed by atoms with Crippen LogP contribution in [0.15, 0.2) is 60.9 Å². The normalized spacial score (nSPS) is 15.3. The Morgan fingerprint density at radius 2 is 1.73 bits per heavy atom. The molecule has 26 heavy (non-hydrogen) atoms. The number of quaternary nitrogens is 1. The van der Waals surface area contributed by atoms with E-state index in [0.29, 0.717) is 0 Å². The number of halogens is 1. The van der Waals surface area contributed by atoms with Gasteiger partial charge in [-0.15, -0.1) is 0 Å². The summed E-state index contributed by atoms with van der Waals surface area (Å²) in [6, 6.07) is 18.2. The Morgan fingerprint density at radius 1 is 1.00 bits per heavy atom. The van der Waals surface area contributed by atoms with Gasteiger partial charge >= 0.3 is 0 Å². The molecule has 0 bridgehead atoms. The van der Waals surface area contributed by atoms with Gasteiger partial charge in [-0.25, -0.2) is 0 Å². The van der Waals surface area contributed by atoms with Crippen LogP contribution < -0.4 is 9.80 Å². The molecule has 134 valence electrons. The molecular weight excluding hydrogens is 366 g/mol. The second-order valence-corrected chi connectivity index (χ2v) is 7.30. The summed E-state index contributed by atoms with van der Waals surface area (Å²) in [7, 11) is 0. The number of piperazine rings is 1. The van der Waals surface area contributed by atoms with Gasteiger partial charge in [0.05, 0.1) is 26.2 Å². The van der Waals surface area contributed by atoms with E-state index in [4.69, 9.17) is 23.8 Å². The molecule has 2 heterocycles. The third-order valence-corrected chi connectivity index (χ3v) is 5.43. The molecule has 0 atom stereocenters. The third kappa shape index (κ3) is 3.67. The van der Waals surface area contributed by atoms with E-state index in [9.17, 15) is 0 Å². The summed E-state index contributed by atoms with van der Waals surface area (Å²) in [5.74, 6) is 0. The zero-order valence-corrected chi connectivity index (χ0v) is 16.0. The SMILES string of the molecule is S=c1n(-c2ccccc2)cnn1C[NH+]1CCN(c2cccc(Cl)c2)CC1. The number of rotatable bonds is 4. The van der Waals surface area contributed by atoms with Crippen molar-refractivity contribution in [1.82, 2.24) is 14.3 Å². The minimum atomic E-state index is 0.737. The molecule has 0 radical (unpaired) electrons. The van der Waals surface area contributed by atoms with E-state index in [2.05, 4.69) is 16.1 Å². The van der Waals surface area contributed by atoms with Gasteiger partial charge in [0.1, 0.15) is 6.33 Å². The van der Waals surface area contributed by atoms with Gasteiger partial charge in [-0.3, -0.25) is 4.57 Å². The molecule has 1 N–H and O–H groups in total. The van der Waals surface area contributed by atoms with E-state index >= 15 is 0 Å². The maximum atomic E-state index is 6.11. The number of benzene rings is 2. The van der Waals surface area contributed by atoms with Crippen LogP contribution in [0.2, 0.25) is 5.02 Å². The average Bonchev–Trinajstić information content (AvgIpc) is 3.03. The third-order valence-electron chi connectivity index (χ3n) is 4.79. The fraction of sp³-hybridized carbons (Fsp3) is 0.263. The smallest absolute Gasteiger partial charge is 0.207 e. The number of nitrogens with one attached hydrogen (secondary N) is 1. The van der Waals surface area contributed by atoms with Gasteiger partial charge < -0.3 is 9.80 Å². The summed E-state index contributed by atoms with van der Waals surface area (Å²) < 4.78 is 4.62. The fourth-order valence-corrected chi connectivity index (χ4v) is 3.78. The lowest BCUT2D eigenvalue weighted by Gasteiger charge is -2.33. The van der Waals surface area contributed by atoms with Gasteiger partial charge in [0.15, 0.2) is 6.67 Å². The molecule has 1 aliphatic rings. The number of para-hydroxylation sites is 1. The first-order chi connectivity index (χ1) is 12.7. The van der Waals surface area contributed by atoms with Crippen molar-refractivity contribution in [2.75, 3.05) is 31.1 Å². The molecule has 0 spiro atoms. The maximum absolute atomic E-state index is 6.11. The molecule has 1 aromatic heterocycles. The highest BCUT2D eigenvalue weighted by molar-refractivity contribution is 7.71. The zero-order chi connectivity index (χ0) is 17.9. The number of nitrogens with zero attached hydrogens (tertiary/aromatic N) is 4. The summed E-state index contributed by atoms with van der Waals surface area (Å²) in [4.78, 5) is 3.87. The zero-order valence-electron chi connectivity index (χ0n) is 14.4. The highest BCUT2D eigenvalue weighted by Crippen LogP contribution is 2.19. The average molecular weight is 387 g/mol. The van der Waals surface area contributed by atoms with Crippen molar-refractivity contribution in [1.29, 1.82) is 0 Å². The maximum Gasteiger partial charge on any atom is 0.207 e. The summed E-state index contributed by atoms with van der Waals surface area (Å²) in [6.07, 6.45) is 1.80. The molecule has 1 saturated heterocycles. The van der Waals surface area contributed by atoms with Crippen LogP contribution in [0.1, 0.15) is 0 Å². The van der Waals surface area contributed by atoms with E-state index in [1.807, 2.05) is 57.8 Å². The quantitative estimate of drug-likeness (QED) is 0.698. The number of aromatic nitrogens is 3. The standard InChI is InChI=1S/C19H20ClN5S/c20-16-5-4-8-18(13-16)23-11-9-22(10-12-23)15-25-19(26)24(14-21-25)17-6-2-1-3-7-17/h1-8,13-14H,9-12,15H2/p+1. The predicted molar refractivity (Wildman–Crippen MR) is 107 cm³/mol. The van der Waals surface area contributed by atoms with Gasteiger partial charge in [-0.2, -0.15) is 9.78 Å². The van der Waals surface area contributed by atoms with Crippen LogP contribution in [0.5, 0.6) is 0 Å². The van der Waals surface area contributed by atoms with E-state index in [1.54, 1.807) is 6.33 Å². The van der Waals surface area contributed by atoms with Gasteiger partial charge in [0, 0.05) is 16.4 Å². The molecule has 3 aromatic rings. The first kappa shape index (κ1) is 17.3. The Balaban J connectivity index is 1.41. The van der Waals surface area contributed by atoms with Crippen molar-refractivity contribution in [3.05, 3.63) is 70.7 Å². The molecule has 5 nitrogen and oxygen atoms in total. The molecule has 4 rings (SSSR count). The van der Waals surface area contributed by atoms with Crippen LogP contribution in [0.25, 0.3) is 5.69 Å². The van der Waals surface area contributed by atoms with Crippen molar-refractivity contribution in [2.24, 2.45) is 0 Å². The first-order valence-corrected chi connectivity index (χ1v) is 9.53. The minimum absolute atomic E-state index is 0.737. The lowest BCUT2D eigenvalue weighted by Crippen LogP contribution is -3.14. The van der Waals surface area contributed by atoms with Crippen molar-refractivity contribution in [3.8, 4) is 5.69 Å². The molecule has 7 heteroatoms. The molecule has 0 saturated carbocycles. The largest absolute Gasteiger partial charge is 0.360 e. The summed E-state index contributed by atoms with van der Waals surface area (Å²) in [6.45, 7) is 4.89. The Bertz CT molecular complexity index is 928. The first-order valence-electron chi connectivity index (χ1n) is 8.75. The minimum Gasteiger partial charge on any atom is -0.360 e. The lowest BCUT2D eigenvalue weighted by atomic mass is 10.2. The Labute approximate surface area is 163 Å². The molecule has 0 aliphatic carbocycles. The van der Waals surface area contributed by atoms with Crippen LogP contribution in [-0.4, -0.2) is 40.5 Å². The van der Waals surface area contributed by atoms with Crippen molar-refractivity contribution in [2.45, 2.75) is 6.67 Å². The Kier molecular flexibility index (Phi) is 5.06. The monoisotopic (exact) mass is 386 g/mol. The Morgan fingerprint density at radius 3 is 2.46 bits per heavy atom. The van der Waals surface area contributed by atoms with E-state index in [-0.39, 0.29) is 0 Å². The van der Waals surface area contributed by atoms with Gasteiger partial charge in [-0.05, 0) is 42.5 Å². The van der Waals surface area contributed by atoms with E-state index in [1.165, 1.54) is 10.6 Å². The highest BCUT2D eigenvalue weighted by Gasteiger charge is 2.21. The topological polar surface area (TPSA) is 30.4 Å². The molecule has 1 aliphatic heterocycles. The highest BCUT2D eigenvalue weighted by atomic mass is 35.5. The van der Waals surface area contributed by atoms with E-state index < -0.39 is 0 Å². The molecule has 0 unspecified atom stereocenters. The molecule has 0 amide bonds. The number of hydrogen-bond acceptors (Lipinski definition) is 3. The summed E-state index contributed by atoms with van der Waals surface area (Å²) >= 11 is 11.7. The summed E-state index contributed by atoms with van der Waals surface area (Å²) in [5.41, 5.74) is 2.24. The molecular formula is C19H21ClN5S+. The van der Waals surface area contributed by atoms with Gasteiger partial charge in [0.2, 0.25) is 4.77 Å². The van der Waals surface area contributed by atoms with Gasteiger partial charge in [-0.1, -0.05) is 35.9 Å². The number of anilines is 1. The molecule has 2 aromatic carbocycles. The molecule has 1 fully saturated rings. The van der Waals surface area contributed by atoms with E-state index in [0.717, 1.165) is 48.3 Å². The predicted octanol–water partition coefficient (Wildman–Crippen LogP) is 2.42. The second kappa shape index (κ2) is 7.61. The van der Waals surface area contributed by atoms with Crippen LogP contribution in [0.4, 0.5) is 5.69 Å². The van der Waals surface area contributed by atoms with Crippen molar-refractivity contribution < 1.29 is 4.90 Å².